The van der Waals surface area contributed by atoms with E-state index in [2.05, 4.69) is 5.32 Å². The molecule has 2 aromatic rings. The number of hydrogen-bond acceptors (Lipinski definition) is 4. The van der Waals surface area contributed by atoms with Crippen LogP contribution in [0, 0.1) is 0 Å². The molecule has 1 aliphatic rings. The Hall–Kier alpha value is -1.78. The van der Waals surface area contributed by atoms with Crippen LogP contribution in [0.2, 0.25) is 10.0 Å². The van der Waals surface area contributed by atoms with Crippen molar-refractivity contribution in [2.45, 2.75) is 6.54 Å². The van der Waals surface area contributed by atoms with Gasteiger partial charge in [-0.05, 0) is 29.8 Å². The fraction of sp³-hybridized carbons (Fsp3) is 0.200. The lowest BCUT2D eigenvalue weighted by atomic mass is 10.2. The van der Waals surface area contributed by atoms with E-state index in [0.717, 1.165) is 22.7 Å². The first-order valence-corrected chi connectivity index (χ1v) is 7.19. The van der Waals surface area contributed by atoms with Gasteiger partial charge in [-0.1, -0.05) is 29.3 Å². The van der Waals surface area contributed by atoms with E-state index in [1.807, 2.05) is 18.2 Å². The summed E-state index contributed by atoms with van der Waals surface area (Å²) >= 11 is 11.8. The molecule has 21 heavy (non-hydrogen) atoms. The average molecular weight is 326 g/mol. The van der Waals surface area contributed by atoms with E-state index < -0.39 is 0 Å². The molecule has 2 aromatic carbocycles. The highest BCUT2D eigenvalue weighted by Crippen LogP contribution is 2.35. The number of aromatic hydroxyl groups is 1. The molecule has 0 aromatic heterocycles. The van der Waals surface area contributed by atoms with Gasteiger partial charge >= 0.3 is 0 Å². The minimum Gasteiger partial charge on any atom is -0.505 e. The van der Waals surface area contributed by atoms with Crippen LogP contribution in [0.3, 0.4) is 0 Å². The molecule has 0 bridgehead atoms. The van der Waals surface area contributed by atoms with Gasteiger partial charge in [-0.2, -0.15) is 0 Å². The van der Waals surface area contributed by atoms with Gasteiger partial charge in [0, 0.05) is 12.2 Å². The van der Waals surface area contributed by atoms with Gasteiger partial charge in [-0.15, -0.1) is 0 Å². The van der Waals surface area contributed by atoms with Crippen molar-refractivity contribution in [3.63, 3.8) is 0 Å². The molecule has 110 valence electrons. The third-order valence-corrected chi connectivity index (χ3v) is 3.70. The van der Waals surface area contributed by atoms with Gasteiger partial charge in [0.15, 0.2) is 17.2 Å². The molecule has 4 nitrogen and oxygen atoms in total. The zero-order valence-corrected chi connectivity index (χ0v) is 12.5. The van der Waals surface area contributed by atoms with Crippen LogP contribution in [0.15, 0.2) is 30.3 Å². The minimum absolute atomic E-state index is 0.108. The smallest absolute Gasteiger partial charge is 0.161 e. The Bertz CT molecular complexity index is 653. The summed E-state index contributed by atoms with van der Waals surface area (Å²) in [6, 6.07) is 9.04. The topological polar surface area (TPSA) is 50.7 Å². The number of halogens is 2. The number of fused-ring (bicyclic) bond motifs is 1. The number of rotatable bonds is 3. The molecule has 1 heterocycles. The van der Waals surface area contributed by atoms with Crippen molar-refractivity contribution < 1.29 is 14.6 Å². The highest BCUT2D eigenvalue weighted by molar-refractivity contribution is 6.37. The van der Waals surface area contributed by atoms with Crippen LogP contribution in [-0.2, 0) is 6.54 Å². The van der Waals surface area contributed by atoms with E-state index in [1.54, 1.807) is 12.1 Å². The summed E-state index contributed by atoms with van der Waals surface area (Å²) in [6.45, 7) is 1.72. The van der Waals surface area contributed by atoms with Crippen LogP contribution < -0.4 is 14.8 Å². The molecule has 0 saturated heterocycles. The molecule has 1 aliphatic heterocycles. The third kappa shape index (κ3) is 3.12. The lowest BCUT2D eigenvalue weighted by Gasteiger charge is -2.19. The average Bonchev–Trinajstić information content (AvgIpc) is 2.50. The van der Waals surface area contributed by atoms with Crippen molar-refractivity contribution in [3.05, 3.63) is 45.9 Å². The molecular formula is C15H13Cl2NO3. The van der Waals surface area contributed by atoms with E-state index in [0.29, 0.717) is 19.8 Å². The number of nitrogens with one attached hydrogen (secondary N) is 1. The number of phenols is 1. The van der Waals surface area contributed by atoms with Gasteiger partial charge in [0.05, 0.1) is 10.0 Å². The summed E-state index contributed by atoms with van der Waals surface area (Å²) in [6.07, 6.45) is 0. The van der Waals surface area contributed by atoms with Crippen molar-refractivity contribution in [2.24, 2.45) is 0 Å². The van der Waals surface area contributed by atoms with Crippen LogP contribution in [-0.4, -0.2) is 18.3 Å². The maximum absolute atomic E-state index is 9.53. The number of anilines is 1. The van der Waals surface area contributed by atoms with E-state index >= 15 is 0 Å². The summed E-state index contributed by atoms with van der Waals surface area (Å²) in [4.78, 5) is 0. The molecule has 0 unspecified atom stereocenters. The maximum Gasteiger partial charge on any atom is 0.161 e. The van der Waals surface area contributed by atoms with Gasteiger partial charge in [0.2, 0.25) is 0 Å². The largest absolute Gasteiger partial charge is 0.505 e. The molecule has 2 N–H and O–H groups in total. The number of benzene rings is 2. The molecular weight excluding hydrogens is 313 g/mol. The Morgan fingerprint density at radius 3 is 2.38 bits per heavy atom. The second kappa shape index (κ2) is 5.92. The minimum atomic E-state index is -0.108. The van der Waals surface area contributed by atoms with Crippen molar-refractivity contribution in [1.29, 1.82) is 0 Å². The first-order valence-electron chi connectivity index (χ1n) is 6.44. The van der Waals surface area contributed by atoms with Gasteiger partial charge < -0.3 is 19.9 Å². The Morgan fingerprint density at radius 2 is 1.67 bits per heavy atom. The Morgan fingerprint density at radius 1 is 1.00 bits per heavy atom. The van der Waals surface area contributed by atoms with Crippen LogP contribution in [0.1, 0.15) is 5.56 Å². The normalized spacial score (nSPS) is 13.0. The summed E-state index contributed by atoms with van der Waals surface area (Å²) in [7, 11) is 0. The van der Waals surface area contributed by atoms with Gasteiger partial charge in [0.1, 0.15) is 13.2 Å². The molecule has 3 rings (SSSR count). The summed E-state index contributed by atoms with van der Waals surface area (Å²) in [5.74, 6) is 1.41. The van der Waals surface area contributed by atoms with Crippen LogP contribution in [0.25, 0.3) is 0 Å². The number of ether oxygens (including phenoxy) is 2. The lowest BCUT2D eigenvalue weighted by Crippen LogP contribution is -2.15. The predicted molar refractivity (Wildman–Crippen MR) is 82.9 cm³/mol. The predicted octanol–water partition coefficient (Wildman–Crippen LogP) is 4.08. The van der Waals surface area contributed by atoms with Crippen molar-refractivity contribution in [1.82, 2.24) is 0 Å². The van der Waals surface area contributed by atoms with E-state index in [4.69, 9.17) is 32.7 Å². The lowest BCUT2D eigenvalue weighted by molar-refractivity contribution is 0.171. The standard InChI is InChI=1S/C15H13Cl2NO3/c16-11-6-10(7-12(17)15(11)19)18-8-9-1-2-13-14(5-9)21-4-3-20-13/h1-2,5-7,18-19H,3-4,8H2. The highest BCUT2D eigenvalue weighted by atomic mass is 35.5. The first-order chi connectivity index (χ1) is 10.1. The molecule has 6 heteroatoms. The fourth-order valence-electron chi connectivity index (χ4n) is 2.07. The van der Waals surface area contributed by atoms with Crippen molar-refractivity contribution in [2.75, 3.05) is 18.5 Å². The molecule has 0 saturated carbocycles. The number of hydrogen-bond donors (Lipinski definition) is 2. The summed E-state index contributed by atoms with van der Waals surface area (Å²) in [5, 5.41) is 13.2. The Labute approximate surface area is 132 Å². The van der Waals surface area contributed by atoms with Crippen LogP contribution in [0.4, 0.5) is 5.69 Å². The zero-order valence-electron chi connectivity index (χ0n) is 11.0. The molecule has 0 radical (unpaired) electrons. The zero-order chi connectivity index (χ0) is 14.8. The highest BCUT2D eigenvalue weighted by Gasteiger charge is 2.12. The molecule has 0 amide bonds. The quantitative estimate of drug-likeness (QED) is 0.835. The Balaban J connectivity index is 1.73. The van der Waals surface area contributed by atoms with Crippen molar-refractivity contribution in [3.8, 4) is 17.2 Å². The van der Waals surface area contributed by atoms with Crippen LogP contribution in [0.5, 0.6) is 17.2 Å². The van der Waals surface area contributed by atoms with Gasteiger partial charge in [-0.25, -0.2) is 0 Å². The molecule has 0 aliphatic carbocycles. The van der Waals surface area contributed by atoms with E-state index in [9.17, 15) is 5.11 Å². The molecule has 0 spiro atoms. The van der Waals surface area contributed by atoms with Gasteiger partial charge in [0.25, 0.3) is 0 Å². The van der Waals surface area contributed by atoms with Crippen LogP contribution >= 0.6 is 23.2 Å². The third-order valence-electron chi connectivity index (χ3n) is 3.12. The maximum atomic E-state index is 9.53. The second-order valence-electron chi connectivity index (χ2n) is 4.62. The second-order valence-corrected chi connectivity index (χ2v) is 5.43. The summed E-state index contributed by atoms with van der Waals surface area (Å²) in [5.41, 5.74) is 1.78. The van der Waals surface area contributed by atoms with E-state index in [1.165, 1.54) is 0 Å². The first kappa shape index (κ1) is 14.2. The Kier molecular flexibility index (Phi) is 3.99. The summed E-state index contributed by atoms with van der Waals surface area (Å²) < 4.78 is 11.0. The SMILES string of the molecule is Oc1c(Cl)cc(NCc2ccc3c(c2)OCCO3)cc1Cl. The molecule has 0 atom stereocenters. The number of phenolic OH excluding ortho intramolecular Hbond substituents is 1. The monoisotopic (exact) mass is 325 g/mol. The van der Waals surface area contributed by atoms with Crippen molar-refractivity contribution >= 4 is 28.9 Å². The molecule has 0 fully saturated rings. The van der Waals surface area contributed by atoms with Gasteiger partial charge in [-0.3, -0.25) is 0 Å². The fourth-order valence-corrected chi connectivity index (χ4v) is 2.56. The van der Waals surface area contributed by atoms with E-state index in [-0.39, 0.29) is 15.8 Å².